The standard InChI is InChI=1S/C20H22N2O/c1-15-13-20(18-7-3-2-6-17(15)18)8-11-22(12-9-20)19(23)16-5-4-10-21-14-16/h2-7,10,14-15H,8-9,11-13H2,1H3/t15-/m0/s1. The zero-order chi connectivity index (χ0) is 15.9. The lowest BCUT2D eigenvalue weighted by Crippen LogP contribution is -2.44. The molecule has 1 fully saturated rings. The number of carbonyl (C=O) groups is 1. The average Bonchev–Trinajstić information content (AvgIpc) is 2.88. The minimum Gasteiger partial charge on any atom is -0.339 e. The number of fused-ring (bicyclic) bond motifs is 2. The molecule has 1 aliphatic heterocycles. The van der Waals surface area contributed by atoms with Gasteiger partial charge in [-0.2, -0.15) is 0 Å². The molecule has 118 valence electrons. The Labute approximate surface area is 137 Å². The van der Waals surface area contributed by atoms with Crippen molar-refractivity contribution in [3.05, 3.63) is 65.5 Å². The van der Waals surface area contributed by atoms with Crippen molar-refractivity contribution in [2.24, 2.45) is 0 Å². The fourth-order valence-corrected chi connectivity index (χ4v) is 4.50. The highest BCUT2D eigenvalue weighted by Gasteiger charge is 2.44. The number of pyridine rings is 1. The van der Waals surface area contributed by atoms with E-state index in [1.54, 1.807) is 12.4 Å². The van der Waals surface area contributed by atoms with Crippen LogP contribution in [0.4, 0.5) is 0 Å². The lowest BCUT2D eigenvalue weighted by atomic mass is 9.73. The highest BCUT2D eigenvalue weighted by atomic mass is 16.2. The molecule has 2 aliphatic rings. The molecule has 1 aliphatic carbocycles. The summed E-state index contributed by atoms with van der Waals surface area (Å²) in [6.07, 6.45) is 6.74. The molecule has 1 atom stereocenters. The van der Waals surface area contributed by atoms with Crippen molar-refractivity contribution in [1.29, 1.82) is 0 Å². The second kappa shape index (κ2) is 5.48. The van der Waals surface area contributed by atoms with E-state index < -0.39 is 0 Å². The summed E-state index contributed by atoms with van der Waals surface area (Å²) >= 11 is 0. The Kier molecular flexibility index (Phi) is 3.44. The first-order valence-corrected chi connectivity index (χ1v) is 8.48. The lowest BCUT2D eigenvalue weighted by molar-refractivity contribution is 0.0663. The van der Waals surface area contributed by atoms with Gasteiger partial charge in [0.1, 0.15) is 0 Å². The maximum absolute atomic E-state index is 12.6. The molecule has 0 unspecified atom stereocenters. The summed E-state index contributed by atoms with van der Waals surface area (Å²) in [5, 5.41) is 0. The molecular formula is C20H22N2O. The molecule has 0 radical (unpaired) electrons. The summed E-state index contributed by atoms with van der Waals surface area (Å²) in [7, 11) is 0. The number of likely N-dealkylation sites (tertiary alicyclic amines) is 1. The molecule has 1 amide bonds. The van der Waals surface area contributed by atoms with E-state index in [2.05, 4.69) is 36.2 Å². The van der Waals surface area contributed by atoms with Crippen LogP contribution in [0.15, 0.2) is 48.8 Å². The summed E-state index contributed by atoms with van der Waals surface area (Å²) in [5.74, 6) is 0.749. The zero-order valence-electron chi connectivity index (χ0n) is 13.5. The third kappa shape index (κ3) is 2.35. The number of aromatic nitrogens is 1. The van der Waals surface area contributed by atoms with Crippen LogP contribution in [0.1, 0.15) is 53.6 Å². The zero-order valence-corrected chi connectivity index (χ0v) is 13.5. The lowest BCUT2D eigenvalue weighted by Gasteiger charge is -2.40. The summed E-state index contributed by atoms with van der Waals surface area (Å²) in [6, 6.07) is 12.6. The average molecular weight is 306 g/mol. The van der Waals surface area contributed by atoms with Gasteiger partial charge >= 0.3 is 0 Å². The van der Waals surface area contributed by atoms with Crippen LogP contribution in [0.2, 0.25) is 0 Å². The van der Waals surface area contributed by atoms with E-state index in [1.165, 1.54) is 17.5 Å². The number of rotatable bonds is 1. The topological polar surface area (TPSA) is 33.2 Å². The minimum atomic E-state index is 0.118. The van der Waals surface area contributed by atoms with E-state index in [0.29, 0.717) is 11.5 Å². The maximum atomic E-state index is 12.6. The van der Waals surface area contributed by atoms with Crippen molar-refractivity contribution in [2.45, 2.75) is 37.5 Å². The van der Waals surface area contributed by atoms with Gasteiger partial charge in [0.05, 0.1) is 5.56 Å². The minimum absolute atomic E-state index is 0.118. The predicted molar refractivity (Wildman–Crippen MR) is 90.5 cm³/mol. The van der Waals surface area contributed by atoms with Crippen molar-refractivity contribution < 1.29 is 4.79 Å². The number of hydrogen-bond donors (Lipinski definition) is 0. The van der Waals surface area contributed by atoms with E-state index >= 15 is 0 Å². The van der Waals surface area contributed by atoms with Crippen molar-refractivity contribution in [2.75, 3.05) is 13.1 Å². The normalized spacial score (nSPS) is 22.1. The van der Waals surface area contributed by atoms with E-state index in [9.17, 15) is 4.79 Å². The van der Waals surface area contributed by atoms with Gasteiger partial charge in [-0.25, -0.2) is 0 Å². The van der Waals surface area contributed by atoms with Crippen LogP contribution in [-0.4, -0.2) is 28.9 Å². The SMILES string of the molecule is C[C@H]1CC2(CCN(C(=O)c3cccnc3)CC2)c2ccccc21. The fourth-order valence-electron chi connectivity index (χ4n) is 4.50. The molecule has 0 N–H and O–H groups in total. The summed E-state index contributed by atoms with van der Waals surface area (Å²) in [4.78, 5) is 18.7. The first-order chi connectivity index (χ1) is 11.2. The van der Waals surface area contributed by atoms with Gasteiger partial charge in [-0.15, -0.1) is 0 Å². The van der Waals surface area contributed by atoms with Gasteiger partial charge in [0.2, 0.25) is 0 Å². The van der Waals surface area contributed by atoms with Crippen LogP contribution in [0.5, 0.6) is 0 Å². The molecule has 23 heavy (non-hydrogen) atoms. The van der Waals surface area contributed by atoms with E-state index in [4.69, 9.17) is 0 Å². The van der Waals surface area contributed by atoms with Gasteiger partial charge in [-0.05, 0) is 53.9 Å². The molecular weight excluding hydrogens is 284 g/mol. The van der Waals surface area contributed by atoms with Crippen molar-refractivity contribution in [3.8, 4) is 0 Å². The number of carbonyl (C=O) groups excluding carboxylic acids is 1. The van der Waals surface area contributed by atoms with Gasteiger partial charge in [-0.1, -0.05) is 31.2 Å². The summed E-state index contributed by atoms with van der Waals surface area (Å²) in [6.45, 7) is 4.02. The van der Waals surface area contributed by atoms with E-state index in [0.717, 1.165) is 25.9 Å². The number of benzene rings is 1. The Morgan fingerprint density at radius 1 is 1.17 bits per heavy atom. The monoisotopic (exact) mass is 306 g/mol. The summed E-state index contributed by atoms with van der Waals surface area (Å²) in [5.41, 5.74) is 4.02. The molecule has 3 nitrogen and oxygen atoms in total. The van der Waals surface area contributed by atoms with Gasteiger partial charge in [-0.3, -0.25) is 9.78 Å². The first-order valence-electron chi connectivity index (χ1n) is 8.48. The quantitative estimate of drug-likeness (QED) is 0.803. The molecule has 0 saturated carbocycles. The first kappa shape index (κ1) is 14.4. The Bertz CT molecular complexity index is 717. The molecule has 4 rings (SSSR count). The van der Waals surface area contributed by atoms with Crippen LogP contribution in [0, 0.1) is 0 Å². The van der Waals surface area contributed by atoms with Crippen LogP contribution in [0.25, 0.3) is 0 Å². The van der Waals surface area contributed by atoms with Crippen molar-refractivity contribution >= 4 is 5.91 Å². The number of piperidine rings is 1. The highest BCUT2D eigenvalue weighted by Crippen LogP contribution is 2.51. The maximum Gasteiger partial charge on any atom is 0.255 e. The molecule has 3 heteroatoms. The van der Waals surface area contributed by atoms with Crippen LogP contribution < -0.4 is 0 Å². The predicted octanol–water partition coefficient (Wildman–Crippen LogP) is 3.76. The smallest absolute Gasteiger partial charge is 0.255 e. The Hall–Kier alpha value is -2.16. The molecule has 1 aromatic heterocycles. The van der Waals surface area contributed by atoms with E-state index in [-0.39, 0.29) is 11.3 Å². The Balaban J connectivity index is 1.53. The third-order valence-electron chi connectivity index (χ3n) is 5.68. The largest absolute Gasteiger partial charge is 0.339 e. The van der Waals surface area contributed by atoms with Gasteiger partial charge in [0.15, 0.2) is 0 Å². The highest BCUT2D eigenvalue weighted by molar-refractivity contribution is 5.93. The molecule has 1 saturated heterocycles. The van der Waals surface area contributed by atoms with Crippen LogP contribution >= 0.6 is 0 Å². The molecule has 2 heterocycles. The van der Waals surface area contributed by atoms with Crippen LogP contribution in [0.3, 0.4) is 0 Å². The number of hydrogen-bond acceptors (Lipinski definition) is 2. The number of nitrogens with zero attached hydrogens (tertiary/aromatic N) is 2. The van der Waals surface area contributed by atoms with E-state index in [1.807, 2.05) is 17.0 Å². The van der Waals surface area contributed by atoms with Crippen molar-refractivity contribution in [1.82, 2.24) is 9.88 Å². The molecule has 1 spiro atoms. The summed E-state index contributed by atoms with van der Waals surface area (Å²) < 4.78 is 0. The third-order valence-corrected chi connectivity index (χ3v) is 5.68. The molecule has 1 aromatic carbocycles. The van der Waals surface area contributed by atoms with Crippen molar-refractivity contribution in [3.63, 3.8) is 0 Å². The van der Waals surface area contributed by atoms with Crippen LogP contribution in [-0.2, 0) is 5.41 Å². The fraction of sp³-hybridized carbons (Fsp3) is 0.400. The second-order valence-electron chi connectivity index (χ2n) is 7.01. The Morgan fingerprint density at radius 3 is 2.70 bits per heavy atom. The van der Waals surface area contributed by atoms with Gasteiger partial charge in [0.25, 0.3) is 5.91 Å². The van der Waals surface area contributed by atoms with Gasteiger partial charge < -0.3 is 4.90 Å². The molecule has 0 bridgehead atoms. The molecule has 2 aromatic rings. The second-order valence-corrected chi connectivity index (χ2v) is 7.01. The number of amides is 1. The van der Waals surface area contributed by atoms with Gasteiger partial charge in [0, 0.05) is 25.5 Å². The Morgan fingerprint density at radius 2 is 1.96 bits per heavy atom.